The molecule has 4 nitrogen and oxygen atoms in total. The first-order valence-electron chi connectivity index (χ1n) is 6.68. The van der Waals surface area contributed by atoms with E-state index >= 15 is 0 Å². The molecule has 0 spiro atoms. The van der Waals surface area contributed by atoms with Crippen molar-refractivity contribution >= 4 is 27.8 Å². The topological polar surface area (TPSA) is 66.4 Å². The summed E-state index contributed by atoms with van der Waals surface area (Å²) >= 11 is 3.40. The van der Waals surface area contributed by atoms with Gasteiger partial charge in [-0.1, -0.05) is 28.4 Å². The quantitative estimate of drug-likeness (QED) is 0.866. The molecule has 0 saturated heterocycles. The van der Waals surface area contributed by atoms with Gasteiger partial charge in [-0.05, 0) is 43.0 Å². The van der Waals surface area contributed by atoms with E-state index in [4.69, 9.17) is 0 Å². The fourth-order valence-corrected chi connectivity index (χ4v) is 2.97. The first kappa shape index (κ1) is 15.0. The van der Waals surface area contributed by atoms with Crippen LogP contribution in [0.1, 0.15) is 36.8 Å². The van der Waals surface area contributed by atoms with Gasteiger partial charge in [-0.2, -0.15) is 0 Å². The van der Waals surface area contributed by atoms with E-state index < -0.39 is 11.4 Å². The minimum absolute atomic E-state index is 0.0813. The van der Waals surface area contributed by atoms with E-state index in [9.17, 15) is 14.7 Å². The Hall–Kier alpha value is -1.36. The average molecular weight is 340 g/mol. The molecule has 0 radical (unpaired) electrons. The van der Waals surface area contributed by atoms with Gasteiger partial charge in [-0.15, -0.1) is 0 Å². The average Bonchev–Trinajstić information content (AvgIpc) is 2.32. The van der Waals surface area contributed by atoms with Crippen LogP contribution in [-0.4, -0.2) is 17.0 Å². The van der Waals surface area contributed by atoms with Crippen LogP contribution in [0.25, 0.3) is 0 Å². The van der Waals surface area contributed by atoms with Crippen molar-refractivity contribution in [3.8, 4) is 0 Å². The summed E-state index contributed by atoms with van der Waals surface area (Å²) in [6.07, 6.45) is 2.18. The lowest BCUT2D eigenvalue weighted by Crippen LogP contribution is -2.42. The van der Waals surface area contributed by atoms with Gasteiger partial charge in [0.2, 0.25) is 5.91 Å². The van der Waals surface area contributed by atoms with Crippen LogP contribution >= 0.6 is 15.9 Å². The minimum Gasteiger partial charge on any atom is -0.481 e. The molecule has 1 fully saturated rings. The number of hydrogen-bond donors (Lipinski definition) is 2. The van der Waals surface area contributed by atoms with Gasteiger partial charge in [0.25, 0.3) is 0 Å². The highest BCUT2D eigenvalue weighted by molar-refractivity contribution is 9.10. The first-order valence-corrected chi connectivity index (χ1v) is 7.47. The number of carbonyl (C=O) groups is 2. The normalized spacial score (nSPS) is 16.3. The molecule has 1 saturated carbocycles. The second-order valence-corrected chi connectivity index (χ2v) is 6.38. The Morgan fingerprint density at radius 1 is 1.40 bits per heavy atom. The molecule has 1 aliphatic rings. The Balaban J connectivity index is 1.91. The van der Waals surface area contributed by atoms with Crippen molar-refractivity contribution in [3.05, 3.63) is 33.8 Å². The highest BCUT2D eigenvalue weighted by atomic mass is 79.9. The summed E-state index contributed by atoms with van der Waals surface area (Å²) in [6, 6.07) is 5.88. The molecule has 0 bridgehead atoms. The molecule has 2 N–H and O–H groups in total. The zero-order chi connectivity index (χ0) is 14.8. The molecule has 108 valence electrons. The molecule has 0 aromatic heterocycles. The first-order chi connectivity index (χ1) is 9.43. The maximum Gasteiger partial charge on any atom is 0.310 e. The number of halogens is 1. The Morgan fingerprint density at radius 2 is 2.10 bits per heavy atom. The van der Waals surface area contributed by atoms with Gasteiger partial charge in [0, 0.05) is 17.4 Å². The number of amides is 1. The van der Waals surface area contributed by atoms with Gasteiger partial charge in [0.15, 0.2) is 0 Å². The Morgan fingerprint density at radius 3 is 2.60 bits per heavy atom. The summed E-state index contributed by atoms with van der Waals surface area (Å²) in [6.45, 7) is 2.42. The molecule has 0 aliphatic heterocycles. The summed E-state index contributed by atoms with van der Waals surface area (Å²) in [5.41, 5.74) is 1.31. The van der Waals surface area contributed by atoms with Crippen LogP contribution in [0.15, 0.2) is 22.7 Å². The number of rotatable bonds is 5. The third kappa shape index (κ3) is 3.20. The van der Waals surface area contributed by atoms with Crippen molar-refractivity contribution in [3.63, 3.8) is 0 Å². The molecular formula is C15H18BrNO3. The zero-order valence-electron chi connectivity index (χ0n) is 11.4. The van der Waals surface area contributed by atoms with Crippen molar-refractivity contribution < 1.29 is 14.7 Å². The summed E-state index contributed by atoms with van der Waals surface area (Å²) < 4.78 is 1.00. The van der Waals surface area contributed by atoms with Crippen LogP contribution in [0.2, 0.25) is 0 Å². The molecule has 0 atom stereocenters. The fourth-order valence-electron chi connectivity index (χ4n) is 2.49. The monoisotopic (exact) mass is 339 g/mol. The Bertz CT molecular complexity index is 538. The van der Waals surface area contributed by atoms with Crippen LogP contribution < -0.4 is 5.32 Å². The Labute approximate surface area is 126 Å². The van der Waals surface area contributed by atoms with Crippen LogP contribution in [0.5, 0.6) is 0 Å². The number of carboxylic acids is 1. The third-order valence-corrected chi connectivity index (χ3v) is 4.54. The predicted octanol–water partition coefficient (Wildman–Crippen LogP) is 3.02. The van der Waals surface area contributed by atoms with Gasteiger partial charge in [-0.3, -0.25) is 9.59 Å². The molecule has 5 heteroatoms. The van der Waals surface area contributed by atoms with Gasteiger partial charge < -0.3 is 10.4 Å². The van der Waals surface area contributed by atoms with E-state index in [1.54, 1.807) is 0 Å². The second-order valence-electron chi connectivity index (χ2n) is 5.46. The van der Waals surface area contributed by atoms with Crippen molar-refractivity contribution in [1.82, 2.24) is 5.32 Å². The van der Waals surface area contributed by atoms with Gasteiger partial charge in [0.1, 0.15) is 0 Å². The molecule has 1 aliphatic carbocycles. The van der Waals surface area contributed by atoms with Crippen LogP contribution in [0.4, 0.5) is 0 Å². The van der Waals surface area contributed by atoms with Crippen LogP contribution in [-0.2, 0) is 16.1 Å². The van der Waals surface area contributed by atoms with Crippen molar-refractivity contribution in [1.29, 1.82) is 0 Å². The van der Waals surface area contributed by atoms with E-state index in [0.29, 0.717) is 19.4 Å². The number of carboxylic acid groups (broad SMARTS) is 1. The van der Waals surface area contributed by atoms with E-state index in [2.05, 4.69) is 21.2 Å². The highest BCUT2D eigenvalue weighted by Gasteiger charge is 2.45. The number of nitrogens with one attached hydrogen (secondary N) is 1. The molecule has 0 unspecified atom stereocenters. The molecule has 2 rings (SSSR count). The zero-order valence-corrected chi connectivity index (χ0v) is 13.0. The van der Waals surface area contributed by atoms with E-state index in [0.717, 1.165) is 22.0 Å². The maximum absolute atomic E-state index is 11.9. The number of carbonyl (C=O) groups excluding carboxylic acids is 1. The minimum atomic E-state index is -0.848. The standard InChI is InChI=1S/C15H18BrNO3/c1-10-7-12(16)4-3-11(10)9-17-13(18)8-15(14(19)20)5-2-6-15/h3-4,7H,2,5-6,8-9H2,1H3,(H,17,18)(H,19,20). The molecule has 20 heavy (non-hydrogen) atoms. The molecule has 1 amide bonds. The summed E-state index contributed by atoms with van der Waals surface area (Å²) in [4.78, 5) is 23.1. The molecular weight excluding hydrogens is 322 g/mol. The lowest BCUT2D eigenvalue weighted by Gasteiger charge is -2.36. The SMILES string of the molecule is Cc1cc(Br)ccc1CNC(=O)CC1(C(=O)O)CCC1. The number of aryl methyl sites for hydroxylation is 1. The number of aliphatic carboxylic acids is 1. The second kappa shape index (κ2) is 5.95. The van der Waals surface area contributed by atoms with Gasteiger partial charge in [-0.25, -0.2) is 0 Å². The highest BCUT2D eigenvalue weighted by Crippen LogP contribution is 2.44. The third-order valence-electron chi connectivity index (χ3n) is 4.04. The van der Waals surface area contributed by atoms with Crippen molar-refractivity contribution in [2.75, 3.05) is 0 Å². The molecule has 1 aromatic carbocycles. The lowest BCUT2D eigenvalue weighted by molar-refractivity contribution is -0.157. The van der Waals surface area contributed by atoms with Crippen molar-refractivity contribution in [2.24, 2.45) is 5.41 Å². The lowest BCUT2D eigenvalue weighted by atomic mass is 9.66. The van der Waals surface area contributed by atoms with Gasteiger partial charge >= 0.3 is 5.97 Å². The maximum atomic E-state index is 11.9. The smallest absolute Gasteiger partial charge is 0.310 e. The van der Waals surface area contributed by atoms with E-state index in [1.165, 1.54) is 0 Å². The van der Waals surface area contributed by atoms with Crippen LogP contribution in [0.3, 0.4) is 0 Å². The molecule has 1 aromatic rings. The van der Waals surface area contributed by atoms with E-state index in [1.807, 2.05) is 25.1 Å². The fraction of sp³-hybridized carbons (Fsp3) is 0.467. The van der Waals surface area contributed by atoms with Gasteiger partial charge in [0.05, 0.1) is 5.41 Å². The summed E-state index contributed by atoms with van der Waals surface area (Å²) in [5, 5.41) is 12.0. The largest absolute Gasteiger partial charge is 0.481 e. The van der Waals surface area contributed by atoms with E-state index in [-0.39, 0.29) is 12.3 Å². The Kier molecular flexibility index (Phi) is 4.48. The summed E-state index contributed by atoms with van der Waals surface area (Å²) in [5.74, 6) is -1.03. The number of benzene rings is 1. The predicted molar refractivity (Wildman–Crippen MR) is 79.3 cm³/mol. The number of hydrogen-bond acceptors (Lipinski definition) is 2. The van der Waals surface area contributed by atoms with Crippen molar-refractivity contribution in [2.45, 2.75) is 39.2 Å². The molecule has 0 heterocycles. The van der Waals surface area contributed by atoms with Crippen LogP contribution in [0, 0.1) is 12.3 Å². The summed E-state index contributed by atoms with van der Waals surface area (Å²) in [7, 11) is 0.